The van der Waals surface area contributed by atoms with Gasteiger partial charge in [-0.2, -0.15) is 0 Å². The van der Waals surface area contributed by atoms with Crippen molar-refractivity contribution in [3.63, 3.8) is 0 Å². The van der Waals surface area contributed by atoms with E-state index in [0.717, 1.165) is 9.39 Å². The van der Waals surface area contributed by atoms with Gasteiger partial charge in [0.15, 0.2) is 0 Å². The Kier molecular flexibility index (Phi) is 4.91. The highest BCUT2D eigenvalue weighted by atomic mass is 79.9. The molecule has 0 unspecified atom stereocenters. The van der Waals surface area contributed by atoms with Gasteiger partial charge in [-0.3, -0.25) is 0 Å². The lowest BCUT2D eigenvalue weighted by atomic mass is 10.5. The Morgan fingerprint density at radius 2 is 2.00 bits per heavy atom. The van der Waals surface area contributed by atoms with Crippen molar-refractivity contribution < 1.29 is 0 Å². The molecule has 0 saturated carbocycles. The van der Waals surface area contributed by atoms with Crippen LogP contribution >= 0.6 is 27.7 Å². The van der Waals surface area contributed by atoms with E-state index >= 15 is 0 Å². The summed E-state index contributed by atoms with van der Waals surface area (Å²) < 4.78 is 1.00. The van der Waals surface area contributed by atoms with E-state index in [1.54, 1.807) is 23.9 Å². The van der Waals surface area contributed by atoms with Crippen LogP contribution in [0.1, 0.15) is 0 Å². The summed E-state index contributed by atoms with van der Waals surface area (Å²) in [6, 6.07) is 0. The molecule has 0 fully saturated rings. The van der Waals surface area contributed by atoms with Gasteiger partial charge in [-0.05, 0) is 22.2 Å². The van der Waals surface area contributed by atoms with Crippen LogP contribution in [-0.4, -0.2) is 6.26 Å². The maximum Gasteiger partial charge on any atom is 0.0305 e. The van der Waals surface area contributed by atoms with Gasteiger partial charge < -0.3 is 0 Å². The predicted octanol–water partition coefficient (Wildman–Crippen LogP) is 3.33. The molecular formula is C7H9BrS. The largest absolute Gasteiger partial charge is 0.128 e. The molecule has 0 aliphatic rings. The minimum absolute atomic E-state index is 1.00. The highest BCUT2D eigenvalue weighted by molar-refractivity contribution is 9.12. The molecule has 0 atom stereocenters. The van der Waals surface area contributed by atoms with Gasteiger partial charge in [0.05, 0.1) is 0 Å². The Balaban J connectivity index is 4.36. The minimum atomic E-state index is 1.00. The van der Waals surface area contributed by atoms with Crippen LogP contribution in [-0.2, 0) is 0 Å². The number of hydrogen-bond donors (Lipinski definition) is 0. The summed E-state index contributed by atoms with van der Waals surface area (Å²) in [7, 11) is 0. The van der Waals surface area contributed by atoms with E-state index in [2.05, 4.69) is 29.1 Å². The number of rotatable bonds is 3. The summed E-state index contributed by atoms with van der Waals surface area (Å²) in [5, 5.41) is 0. The van der Waals surface area contributed by atoms with Crippen molar-refractivity contribution >= 4 is 27.7 Å². The van der Waals surface area contributed by atoms with E-state index in [4.69, 9.17) is 0 Å². The van der Waals surface area contributed by atoms with Crippen LogP contribution in [0.5, 0.6) is 0 Å². The number of allylic oxidation sites excluding steroid dienone is 3. The highest BCUT2D eigenvalue weighted by Crippen LogP contribution is 2.22. The standard InChI is InChI=1S/C7H9BrS/c1-4-6(8)7(5-2)9-3/h4-5H,1-2H2,3H3/b7-6-. The van der Waals surface area contributed by atoms with Crippen LogP contribution in [0.25, 0.3) is 0 Å². The Hall–Kier alpha value is 0.0500. The van der Waals surface area contributed by atoms with Gasteiger partial charge in [-0.15, -0.1) is 11.8 Å². The van der Waals surface area contributed by atoms with E-state index in [-0.39, 0.29) is 0 Å². The lowest BCUT2D eigenvalue weighted by Crippen LogP contribution is -1.69. The molecule has 0 aromatic heterocycles. The molecule has 0 aromatic carbocycles. The first-order chi connectivity index (χ1) is 4.26. The number of halogens is 1. The third-order valence-corrected chi connectivity index (χ3v) is 2.66. The monoisotopic (exact) mass is 204 g/mol. The van der Waals surface area contributed by atoms with Gasteiger partial charge in [0.1, 0.15) is 0 Å². The van der Waals surface area contributed by atoms with Gasteiger partial charge >= 0.3 is 0 Å². The quantitative estimate of drug-likeness (QED) is 0.637. The van der Waals surface area contributed by atoms with Crippen LogP contribution < -0.4 is 0 Å². The average molecular weight is 205 g/mol. The molecule has 0 N–H and O–H groups in total. The van der Waals surface area contributed by atoms with Crippen molar-refractivity contribution in [2.45, 2.75) is 0 Å². The molecule has 0 rings (SSSR count). The molecule has 9 heavy (non-hydrogen) atoms. The zero-order valence-electron chi connectivity index (χ0n) is 5.36. The minimum Gasteiger partial charge on any atom is -0.128 e. The van der Waals surface area contributed by atoms with Crippen LogP contribution in [0.3, 0.4) is 0 Å². The average Bonchev–Trinajstić information content (AvgIpc) is 1.90. The fraction of sp³-hybridized carbons (Fsp3) is 0.143. The fourth-order valence-corrected chi connectivity index (χ4v) is 1.47. The topological polar surface area (TPSA) is 0 Å². The third-order valence-electron chi connectivity index (χ3n) is 0.820. The van der Waals surface area contributed by atoms with Gasteiger partial charge in [0, 0.05) is 9.39 Å². The first-order valence-electron chi connectivity index (χ1n) is 2.45. The molecule has 0 aliphatic carbocycles. The zero-order valence-corrected chi connectivity index (χ0v) is 7.76. The Morgan fingerprint density at radius 3 is 2.11 bits per heavy atom. The van der Waals surface area contributed by atoms with Crippen molar-refractivity contribution in [2.24, 2.45) is 0 Å². The van der Waals surface area contributed by atoms with Gasteiger partial charge in [-0.1, -0.05) is 25.3 Å². The van der Waals surface area contributed by atoms with Crippen molar-refractivity contribution in [1.29, 1.82) is 0 Å². The molecule has 0 nitrogen and oxygen atoms in total. The van der Waals surface area contributed by atoms with E-state index in [9.17, 15) is 0 Å². The molecule has 0 aromatic rings. The lowest BCUT2D eigenvalue weighted by Gasteiger charge is -1.95. The van der Waals surface area contributed by atoms with Crippen LogP contribution in [0.4, 0.5) is 0 Å². The smallest absolute Gasteiger partial charge is 0.0305 e. The van der Waals surface area contributed by atoms with E-state index in [1.807, 2.05) is 6.26 Å². The van der Waals surface area contributed by atoms with Gasteiger partial charge in [0.2, 0.25) is 0 Å². The zero-order chi connectivity index (χ0) is 7.28. The molecular weight excluding hydrogens is 196 g/mol. The molecule has 0 heterocycles. The normalized spacial score (nSPS) is 12.2. The molecule has 0 radical (unpaired) electrons. The Bertz CT molecular complexity index is 147. The van der Waals surface area contributed by atoms with Crippen molar-refractivity contribution in [3.05, 3.63) is 34.7 Å². The Labute approximate surface area is 68.9 Å². The fourth-order valence-electron chi connectivity index (χ4n) is 0.379. The molecule has 0 aliphatic heterocycles. The highest BCUT2D eigenvalue weighted by Gasteiger charge is 1.91. The van der Waals surface area contributed by atoms with Crippen molar-refractivity contribution in [1.82, 2.24) is 0 Å². The van der Waals surface area contributed by atoms with Crippen molar-refractivity contribution in [2.75, 3.05) is 6.26 Å². The molecule has 0 saturated heterocycles. The summed E-state index contributed by atoms with van der Waals surface area (Å²) in [5.41, 5.74) is 0. The second kappa shape index (κ2) is 4.89. The predicted molar refractivity (Wildman–Crippen MR) is 49.9 cm³/mol. The SMILES string of the molecule is C=C/C(Br)=C(\C=C)SC. The number of thioether (sulfide) groups is 1. The second-order valence-corrected chi connectivity index (χ2v) is 3.03. The van der Waals surface area contributed by atoms with Gasteiger partial charge in [-0.25, -0.2) is 0 Å². The first-order valence-corrected chi connectivity index (χ1v) is 4.46. The van der Waals surface area contributed by atoms with Crippen LogP contribution in [0, 0.1) is 0 Å². The van der Waals surface area contributed by atoms with Crippen molar-refractivity contribution in [3.8, 4) is 0 Å². The summed E-state index contributed by atoms with van der Waals surface area (Å²) in [6.07, 6.45) is 5.56. The van der Waals surface area contributed by atoms with Crippen LogP contribution in [0.2, 0.25) is 0 Å². The van der Waals surface area contributed by atoms with E-state index < -0.39 is 0 Å². The van der Waals surface area contributed by atoms with Gasteiger partial charge in [0.25, 0.3) is 0 Å². The third kappa shape index (κ3) is 2.92. The Morgan fingerprint density at radius 1 is 1.44 bits per heavy atom. The summed E-state index contributed by atoms with van der Waals surface area (Å²) in [5.74, 6) is 0. The second-order valence-electron chi connectivity index (χ2n) is 1.32. The number of hydrogen-bond acceptors (Lipinski definition) is 1. The molecule has 2 heteroatoms. The first kappa shape index (κ1) is 9.05. The lowest BCUT2D eigenvalue weighted by molar-refractivity contribution is 1.88. The summed E-state index contributed by atoms with van der Waals surface area (Å²) in [4.78, 5) is 1.12. The van der Waals surface area contributed by atoms with E-state index in [1.165, 1.54) is 0 Å². The molecule has 0 amide bonds. The van der Waals surface area contributed by atoms with Crippen LogP contribution in [0.15, 0.2) is 34.7 Å². The summed E-state index contributed by atoms with van der Waals surface area (Å²) >= 11 is 4.98. The maximum atomic E-state index is 3.64. The summed E-state index contributed by atoms with van der Waals surface area (Å²) in [6.45, 7) is 7.26. The molecule has 0 spiro atoms. The molecule has 0 bridgehead atoms. The molecule has 50 valence electrons. The maximum absolute atomic E-state index is 3.64. The van der Waals surface area contributed by atoms with E-state index in [0.29, 0.717) is 0 Å².